The number of hydrogen-bond donors (Lipinski definition) is 0. The van der Waals surface area contributed by atoms with Gasteiger partial charge in [-0.3, -0.25) is 0 Å². The highest BCUT2D eigenvalue weighted by Gasteiger charge is 2.08. The Kier molecular flexibility index (Phi) is 6.89. The summed E-state index contributed by atoms with van der Waals surface area (Å²) in [6.45, 7) is 0.933. The summed E-state index contributed by atoms with van der Waals surface area (Å²) in [5.41, 5.74) is 0. The van der Waals surface area contributed by atoms with Gasteiger partial charge in [0.25, 0.3) is 0 Å². The van der Waals surface area contributed by atoms with Crippen molar-refractivity contribution in [2.24, 2.45) is 0 Å². The summed E-state index contributed by atoms with van der Waals surface area (Å²) in [7, 11) is 0. The van der Waals surface area contributed by atoms with Gasteiger partial charge in [0.15, 0.2) is 0 Å². The first-order chi connectivity index (χ1) is 7.69. The number of ether oxygens (including phenoxy) is 2. The number of hydrogen-bond acceptors (Lipinski definition) is 2. The van der Waals surface area contributed by atoms with Crippen LogP contribution in [0.25, 0.3) is 0 Å². The summed E-state index contributed by atoms with van der Waals surface area (Å²) < 4.78 is 12.5. The fraction of sp³-hybridized carbons (Fsp3) is 0.400. The van der Waals surface area contributed by atoms with E-state index in [1.807, 2.05) is 12.1 Å². The van der Waals surface area contributed by atoms with Gasteiger partial charge in [0.05, 0.1) is 20.7 Å². The van der Waals surface area contributed by atoms with Gasteiger partial charge < -0.3 is 9.47 Å². The summed E-state index contributed by atoms with van der Waals surface area (Å²) in [4.78, 5) is 0. The average Bonchev–Trinajstić information content (AvgIpc) is 2.28. The van der Waals surface area contributed by atoms with Crippen molar-refractivity contribution in [3.8, 4) is 11.5 Å². The first-order valence-corrected chi connectivity index (χ1v) is 7.21. The van der Waals surface area contributed by atoms with E-state index in [0.717, 1.165) is 20.4 Å². The molecule has 0 radical (unpaired) electrons. The lowest BCUT2D eigenvalue weighted by atomic mass is 10.3. The van der Waals surface area contributed by atoms with Crippen molar-refractivity contribution in [2.45, 2.75) is 0 Å². The third kappa shape index (κ3) is 4.32. The van der Waals surface area contributed by atoms with Crippen LogP contribution in [0.4, 0.5) is 0 Å². The lowest BCUT2D eigenvalue weighted by molar-refractivity contribution is 0.329. The fourth-order valence-corrected chi connectivity index (χ4v) is 2.06. The first-order valence-electron chi connectivity index (χ1n) is 4.55. The smallest absolute Gasteiger partial charge is 0.134 e. The molecule has 1 rings (SSSR count). The molecule has 0 unspecified atom stereocenters. The number of halogens is 4. The Morgan fingerprint density at radius 3 is 1.56 bits per heavy atom. The maximum Gasteiger partial charge on any atom is 0.134 e. The Balaban J connectivity index is 2.79. The Bertz CT molecular complexity index is 314. The van der Waals surface area contributed by atoms with E-state index < -0.39 is 0 Å². The molecular formula is C10H10Br2Cl2O2. The quantitative estimate of drug-likeness (QED) is 0.666. The minimum absolute atomic E-state index is 0.453. The molecule has 0 bridgehead atoms. The molecule has 0 saturated carbocycles. The topological polar surface area (TPSA) is 18.5 Å². The summed E-state index contributed by atoms with van der Waals surface area (Å²) in [5, 5.41) is 0. The second-order valence-electron chi connectivity index (χ2n) is 2.79. The van der Waals surface area contributed by atoms with Gasteiger partial charge in [-0.25, -0.2) is 0 Å². The minimum Gasteiger partial charge on any atom is -0.491 e. The Labute approximate surface area is 121 Å². The van der Waals surface area contributed by atoms with Crippen LogP contribution in [0.5, 0.6) is 11.5 Å². The lowest BCUT2D eigenvalue weighted by Gasteiger charge is -2.11. The molecule has 16 heavy (non-hydrogen) atoms. The molecule has 1 aromatic rings. The number of benzene rings is 1. The molecular weight excluding hydrogens is 383 g/mol. The van der Waals surface area contributed by atoms with E-state index in [9.17, 15) is 0 Å². The van der Waals surface area contributed by atoms with Gasteiger partial charge in [0.2, 0.25) is 0 Å². The van der Waals surface area contributed by atoms with Crippen LogP contribution in [0.1, 0.15) is 0 Å². The molecule has 0 fully saturated rings. The van der Waals surface area contributed by atoms with Crippen molar-refractivity contribution in [2.75, 3.05) is 25.0 Å². The van der Waals surface area contributed by atoms with Crippen LogP contribution in [0.3, 0.4) is 0 Å². The van der Waals surface area contributed by atoms with Gasteiger partial charge in [-0.2, -0.15) is 0 Å². The second-order valence-corrected chi connectivity index (χ2v) is 5.25. The first kappa shape index (κ1) is 14.4. The van der Waals surface area contributed by atoms with E-state index >= 15 is 0 Å². The molecule has 0 saturated heterocycles. The van der Waals surface area contributed by atoms with Gasteiger partial charge >= 0.3 is 0 Å². The molecule has 0 aliphatic rings. The predicted molar refractivity (Wildman–Crippen MR) is 74.3 cm³/mol. The van der Waals surface area contributed by atoms with E-state index in [2.05, 4.69) is 31.9 Å². The third-order valence-electron chi connectivity index (χ3n) is 1.66. The molecule has 0 atom stereocenters. The molecule has 0 amide bonds. The number of rotatable bonds is 6. The molecule has 0 heterocycles. The molecule has 0 aromatic heterocycles. The van der Waals surface area contributed by atoms with Gasteiger partial charge in [-0.1, -0.05) is 0 Å². The average molecular weight is 393 g/mol. The van der Waals surface area contributed by atoms with Crippen LogP contribution >= 0.6 is 55.1 Å². The van der Waals surface area contributed by atoms with Crippen LogP contribution < -0.4 is 9.47 Å². The van der Waals surface area contributed by atoms with E-state index in [0.29, 0.717) is 25.0 Å². The van der Waals surface area contributed by atoms with Crippen molar-refractivity contribution in [3.63, 3.8) is 0 Å². The van der Waals surface area contributed by atoms with E-state index in [-0.39, 0.29) is 0 Å². The normalized spacial score (nSPS) is 10.2. The molecule has 90 valence electrons. The van der Waals surface area contributed by atoms with Gasteiger partial charge in [-0.15, -0.1) is 23.2 Å². The zero-order chi connectivity index (χ0) is 12.0. The van der Waals surface area contributed by atoms with Crippen molar-refractivity contribution >= 4 is 55.1 Å². The Morgan fingerprint density at radius 2 is 1.25 bits per heavy atom. The molecule has 1 aromatic carbocycles. The van der Waals surface area contributed by atoms with Crippen LogP contribution in [-0.4, -0.2) is 25.0 Å². The van der Waals surface area contributed by atoms with Crippen molar-refractivity contribution in [1.82, 2.24) is 0 Å². The summed E-state index contributed by atoms with van der Waals surface area (Å²) in [6.07, 6.45) is 0. The Morgan fingerprint density at radius 1 is 0.875 bits per heavy atom. The highest BCUT2D eigenvalue weighted by Crippen LogP contribution is 2.36. The van der Waals surface area contributed by atoms with Crippen LogP contribution in [-0.2, 0) is 0 Å². The minimum atomic E-state index is 0.453. The fourth-order valence-electron chi connectivity index (χ4n) is 1.03. The zero-order valence-electron chi connectivity index (χ0n) is 8.31. The van der Waals surface area contributed by atoms with Crippen molar-refractivity contribution < 1.29 is 9.47 Å². The maximum absolute atomic E-state index is 5.55. The summed E-state index contributed by atoms with van der Waals surface area (Å²) in [6, 6.07) is 3.67. The maximum atomic E-state index is 5.55. The van der Waals surface area contributed by atoms with Crippen LogP contribution in [0.15, 0.2) is 21.1 Å². The lowest BCUT2D eigenvalue weighted by Crippen LogP contribution is -2.01. The van der Waals surface area contributed by atoms with Crippen LogP contribution in [0.2, 0.25) is 0 Å². The van der Waals surface area contributed by atoms with Gasteiger partial charge in [0.1, 0.15) is 24.7 Å². The van der Waals surface area contributed by atoms with Crippen molar-refractivity contribution in [1.29, 1.82) is 0 Å². The van der Waals surface area contributed by atoms with E-state index in [1.165, 1.54) is 0 Å². The zero-order valence-corrected chi connectivity index (χ0v) is 13.0. The monoisotopic (exact) mass is 390 g/mol. The van der Waals surface area contributed by atoms with E-state index in [1.54, 1.807) is 0 Å². The Hall–Kier alpha value is 0.360. The standard InChI is InChI=1S/C10H10Br2Cl2O2/c11-7-6-10(16-4-2-14)8(12)5-9(7)15-3-1-13/h5-6H,1-4H2. The highest BCUT2D eigenvalue weighted by molar-refractivity contribution is 9.11. The summed E-state index contributed by atoms with van der Waals surface area (Å²) in [5.74, 6) is 2.36. The summed E-state index contributed by atoms with van der Waals surface area (Å²) >= 11 is 17.9. The molecule has 0 aliphatic heterocycles. The SMILES string of the molecule is ClCCOc1cc(Br)c(OCCCl)cc1Br. The van der Waals surface area contributed by atoms with Crippen LogP contribution in [0, 0.1) is 0 Å². The van der Waals surface area contributed by atoms with Gasteiger partial charge in [-0.05, 0) is 44.0 Å². The highest BCUT2D eigenvalue weighted by atomic mass is 79.9. The molecule has 6 heteroatoms. The molecule has 0 N–H and O–H groups in total. The van der Waals surface area contributed by atoms with Crippen molar-refractivity contribution in [3.05, 3.63) is 21.1 Å². The third-order valence-corrected chi connectivity index (χ3v) is 3.20. The molecule has 2 nitrogen and oxygen atoms in total. The van der Waals surface area contributed by atoms with Gasteiger partial charge in [0, 0.05) is 0 Å². The van der Waals surface area contributed by atoms with E-state index in [4.69, 9.17) is 32.7 Å². The molecule has 0 spiro atoms. The largest absolute Gasteiger partial charge is 0.491 e. The molecule has 0 aliphatic carbocycles. The predicted octanol–water partition coefficient (Wildman–Crippen LogP) is 4.45. The number of alkyl halides is 2. The second kappa shape index (κ2) is 7.64.